The van der Waals surface area contributed by atoms with Crippen molar-refractivity contribution in [1.29, 1.82) is 0 Å². The number of ether oxygens (including phenoxy) is 1. The van der Waals surface area contributed by atoms with Gasteiger partial charge in [0.15, 0.2) is 0 Å². The zero-order valence-electron chi connectivity index (χ0n) is 8.39. The van der Waals surface area contributed by atoms with Gasteiger partial charge in [0.2, 0.25) is 0 Å². The molecule has 2 atom stereocenters. The molecule has 1 saturated heterocycles. The normalized spacial score (nSPS) is 31.5. The lowest BCUT2D eigenvalue weighted by molar-refractivity contribution is -0.163. The number of carbonyl (C=O) groups is 1. The molecule has 0 aromatic carbocycles. The maximum atomic E-state index is 11.1. The van der Waals surface area contributed by atoms with Gasteiger partial charge in [-0.15, -0.1) is 0 Å². The Balaban J connectivity index is 2.62. The lowest BCUT2D eigenvalue weighted by Crippen LogP contribution is -2.37. The maximum Gasteiger partial charge on any atom is 0.306 e. The minimum atomic E-state index is -0.0336. The minimum Gasteiger partial charge on any atom is -0.462 e. The first-order chi connectivity index (χ1) is 5.39. The zero-order chi connectivity index (χ0) is 9.35. The van der Waals surface area contributed by atoms with Crippen molar-refractivity contribution in [1.82, 2.24) is 0 Å². The van der Waals surface area contributed by atoms with Gasteiger partial charge < -0.3 is 4.74 Å². The summed E-state index contributed by atoms with van der Waals surface area (Å²) >= 11 is 0. The fraction of sp³-hybridized carbons (Fsp3) is 0.900. The third kappa shape index (κ3) is 2.23. The Morgan fingerprint density at radius 3 is 2.42 bits per heavy atom. The predicted octanol–water partition coefficient (Wildman–Crippen LogP) is 2.37. The number of cyclic esters (lactones) is 1. The largest absolute Gasteiger partial charge is 0.462 e. The molecule has 70 valence electrons. The molecule has 1 heterocycles. The molecule has 1 fully saturated rings. The number of esters is 1. The fourth-order valence-electron chi connectivity index (χ4n) is 1.52. The van der Waals surface area contributed by atoms with Gasteiger partial charge in [0.1, 0.15) is 6.10 Å². The van der Waals surface area contributed by atoms with E-state index in [1.807, 2.05) is 0 Å². The first-order valence-corrected chi connectivity index (χ1v) is 4.59. The summed E-state index contributed by atoms with van der Waals surface area (Å²) in [6.45, 7) is 8.45. The summed E-state index contributed by atoms with van der Waals surface area (Å²) in [5, 5.41) is 0. The van der Waals surface area contributed by atoms with Crippen LogP contribution >= 0.6 is 0 Å². The van der Waals surface area contributed by atoms with Crippen LogP contribution in [0.4, 0.5) is 0 Å². The van der Waals surface area contributed by atoms with Gasteiger partial charge >= 0.3 is 5.97 Å². The quantitative estimate of drug-likeness (QED) is 0.522. The van der Waals surface area contributed by atoms with Crippen LogP contribution in [0.25, 0.3) is 0 Å². The third-order valence-corrected chi connectivity index (χ3v) is 2.37. The lowest BCUT2D eigenvalue weighted by atomic mass is 9.81. The van der Waals surface area contributed by atoms with Crippen molar-refractivity contribution in [2.24, 2.45) is 11.3 Å². The van der Waals surface area contributed by atoms with Crippen LogP contribution in [-0.2, 0) is 9.53 Å². The number of hydrogen-bond donors (Lipinski definition) is 0. The molecular formula is C10H18O2. The highest BCUT2D eigenvalue weighted by Gasteiger charge is 2.34. The van der Waals surface area contributed by atoms with Crippen molar-refractivity contribution in [3.05, 3.63) is 0 Å². The van der Waals surface area contributed by atoms with Gasteiger partial charge in [-0.25, -0.2) is 0 Å². The van der Waals surface area contributed by atoms with Gasteiger partial charge in [0.05, 0.1) is 0 Å². The summed E-state index contributed by atoms with van der Waals surface area (Å²) in [4.78, 5) is 11.1. The molecule has 1 rings (SSSR count). The Kier molecular flexibility index (Phi) is 2.45. The average Bonchev–Trinajstić information content (AvgIpc) is 1.82. The third-order valence-electron chi connectivity index (χ3n) is 2.37. The van der Waals surface area contributed by atoms with Crippen LogP contribution in [0.5, 0.6) is 0 Å². The smallest absolute Gasteiger partial charge is 0.306 e. The summed E-state index contributed by atoms with van der Waals surface area (Å²) in [6, 6.07) is 0. The van der Waals surface area contributed by atoms with Crippen molar-refractivity contribution in [2.45, 2.75) is 46.6 Å². The molecule has 0 radical (unpaired) electrons. The number of hydrogen-bond acceptors (Lipinski definition) is 2. The van der Waals surface area contributed by atoms with Crippen molar-refractivity contribution in [2.75, 3.05) is 0 Å². The first-order valence-electron chi connectivity index (χ1n) is 4.59. The summed E-state index contributed by atoms with van der Waals surface area (Å²) in [5.74, 6) is 0.448. The van der Waals surface area contributed by atoms with Crippen LogP contribution in [0.3, 0.4) is 0 Å². The summed E-state index contributed by atoms with van der Waals surface area (Å²) in [7, 11) is 0. The Bertz CT molecular complexity index is 179. The van der Waals surface area contributed by atoms with Crippen LogP contribution in [0.1, 0.15) is 40.5 Å². The second-order valence-corrected chi connectivity index (χ2v) is 4.89. The molecular weight excluding hydrogens is 152 g/mol. The molecule has 2 nitrogen and oxygen atoms in total. The van der Waals surface area contributed by atoms with E-state index in [1.54, 1.807) is 0 Å². The SMILES string of the molecule is C[C@H]1CC(=O)O[C@H](C(C)(C)C)C1. The van der Waals surface area contributed by atoms with E-state index >= 15 is 0 Å². The van der Waals surface area contributed by atoms with Crippen LogP contribution < -0.4 is 0 Å². The molecule has 0 aliphatic carbocycles. The van der Waals surface area contributed by atoms with Gasteiger partial charge in [0.25, 0.3) is 0 Å². The van der Waals surface area contributed by atoms with Crippen LogP contribution in [-0.4, -0.2) is 12.1 Å². The van der Waals surface area contributed by atoms with Crippen molar-refractivity contribution in [3.8, 4) is 0 Å². The molecule has 0 bridgehead atoms. The molecule has 0 N–H and O–H groups in total. The second-order valence-electron chi connectivity index (χ2n) is 4.89. The number of rotatable bonds is 0. The highest BCUT2D eigenvalue weighted by molar-refractivity contribution is 5.70. The summed E-state index contributed by atoms with van der Waals surface area (Å²) in [5.41, 5.74) is 0.0876. The van der Waals surface area contributed by atoms with Crippen LogP contribution in [0.15, 0.2) is 0 Å². The standard InChI is InChI=1S/C10H18O2/c1-7-5-8(10(2,3)4)12-9(11)6-7/h7-8H,5-6H2,1-4H3/t7-,8+/m1/s1. The highest BCUT2D eigenvalue weighted by atomic mass is 16.5. The van der Waals surface area contributed by atoms with Gasteiger partial charge in [-0.05, 0) is 17.8 Å². The first kappa shape index (κ1) is 9.56. The van der Waals surface area contributed by atoms with Crippen molar-refractivity contribution in [3.63, 3.8) is 0 Å². The molecule has 1 aliphatic heterocycles. The molecule has 0 spiro atoms. The van der Waals surface area contributed by atoms with Gasteiger partial charge in [-0.3, -0.25) is 4.79 Å². The molecule has 2 heteroatoms. The maximum absolute atomic E-state index is 11.1. The molecule has 0 unspecified atom stereocenters. The van der Waals surface area contributed by atoms with Gasteiger partial charge in [-0.1, -0.05) is 27.7 Å². The minimum absolute atomic E-state index is 0.0336. The van der Waals surface area contributed by atoms with E-state index in [9.17, 15) is 4.79 Å². The topological polar surface area (TPSA) is 26.3 Å². The molecule has 0 saturated carbocycles. The fourth-order valence-corrected chi connectivity index (χ4v) is 1.52. The van der Waals surface area contributed by atoms with Crippen molar-refractivity contribution < 1.29 is 9.53 Å². The Morgan fingerprint density at radius 1 is 1.42 bits per heavy atom. The monoisotopic (exact) mass is 170 g/mol. The van der Waals surface area contributed by atoms with E-state index in [0.29, 0.717) is 12.3 Å². The Labute approximate surface area is 74.3 Å². The average molecular weight is 170 g/mol. The highest BCUT2D eigenvalue weighted by Crippen LogP contribution is 2.32. The molecule has 12 heavy (non-hydrogen) atoms. The second kappa shape index (κ2) is 3.08. The van der Waals surface area contributed by atoms with Gasteiger partial charge in [0, 0.05) is 6.42 Å². The van der Waals surface area contributed by atoms with E-state index in [1.165, 1.54) is 0 Å². The Hall–Kier alpha value is -0.530. The van der Waals surface area contributed by atoms with E-state index in [0.717, 1.165) is 6.42 Å². The van der Waals surface area contributed by atoms with Crippen LogP contribution in [0.2, 0.25) is 0 Å². The summed E-state index contributed by atoms with van der Waals surface area (Å²) < 4.78 is 5.28. The van der Waals surface area contributed by atoms with E-state index in [4.69, 9.17) is 4.74 Å². The zero-order valence-corrected chi connectivity index (χ0v) is 8.39. The van der Waals surface area contributed by atoms with Crippen LogP contribution in [0, 0.1) is 11.3 Å². The molecule has 0 amide bonds. The van der Waals surface area contributed by atoms with Gasteiger partial charge in [-0.2, -0.15) is 0 Å². The van der Waals surface area contributed by atoms with E-state index < -0.39 is 0 Å². The molecule has 0 aromatic heterocycles. The Morgan fingerprint density at radius 2 is 2.00 bits per heavy atom. The summed E-state index contributed by atoms with van der Waals surface area (Å²) in [6.07, 6.45) is 1.70. The van der Waals surface area contributed by atoms with Crippen molar-refractivity contribution >= 4 is 5.97 Å². The molecule has 1 aliphatic rings. The van der Waals surface area contributed by atoms with E-state index in [2.05, 4.69) is 27.7 Å². The number of carbonyl (C=O) groups excluding carboxylic acids is 1. The predicted molar refractivity (Wildman–Crippen MR) is 47.7 cm³/mol. The molecule has 0 aromatic rings. The lowest BCUT2D eigenvalue weighted by Gasteiger charge is -2.35. The van der Waals surface area contributed by atoms with E-state index in [-0.39, 0.29) is 17.5 Å².